The second-order valence-corrected chi connectivity index (χ2v) is 11.2. The zero-order chi connectivity index (χ0) is 23.6. The normalized spacial score (nSPS) is 20.5. The molecule has 1 aliphatic heterocycles. The Labute approximate surface area is 203 Å². The summed E-state index contributed by atoms with van der Waals surface area (Å²) in [5, 5.41) is 20.5. The highest BCUT2D eigenvalue weighted by atomic mass is 32.2. The predicted octanol–water partition coefficient (Wildman–Crippen LogP) is 5.05. The lowest BCUT2D eigenvalue weighted by Crippen LogP contribution is -2.62. The minimum Gasteiger partial charge on any atom is -0.333 e. The Balaban J connectivity index is 1.48. The molecule has 33 heavy (non-hydrogen) atoms. The Hall–Kier alpha value is -2.56. The number of benzene rings is 2. The van der Waals surface area contributed by atoms with E-state index in [1.54, 1.807) is 0 Å². The molecule has 1 atom stereocenters. The summed E-state index contributed by atoms with van der Waals surface area (Å²) < 4.78 is -0.287. The molecular weight excluding hydrogens is 458 g/mol. The van der Waals surface area contributed by atoms with Gasteiger partial charge in [-0.2, -0.15) is 5.06 Å². The highest BCUT2D eigenvalue weighted by Crippen LogP contribution is 2.41. The third-order valence-corrected chi connectivity index (χ3v) is 7.60. The number of nitrogens with one attached hydrogen (secondary N) is 3. The summed E-state index contributed by atoms with van der Waals surface area (Å²) in [6, 6.07) is 12.3. The Morgan fingerprint density at radius 3 is 2.58 bits per heavy atom. The molecule has 1 aliphatic carbocycles. The van der Waals surface area contributed by atoms with Gasteiger partial charge >= 0.3 is 12.1 Å². The van der Waals surface area contributed by atoms with Crippen LogP contribution in [0.1, 0.15) is 46.0 Å². The zero-order valence-corrected chi connectivity index (χ0v) is 20.3. The number of thiocarbonyl (C=S) groups is 1. The maximum Gasteiger partial charge on any atom is 0.343 e. The van der Waals surface area contributed by atoms with Crippen LogP contribution in [0.3, 0.4) is 0 Å². The molecule has 0 spiro atoms. The SMILES string of the molecule is CC1(C)SC(=S)N(NC(=O)Nc2cccc3ccccc23)C1N(O)C(=O)NC1CCCCC1. The highest BCUT2D eigenvalue weighted by Gasteiger charge is 2.50. The number of fused-ring (bicyclic) bond motifs is 1. The Morgan fingerprint density at radius 2 is 1.82 bits per heavy atom. The van der Waals surface area contributed by atoms with Crippen molar-refractivity contribution in [1.82, 2.24) is 20.8 Å². The molecule has 2 fully saturated rings. The van der Waals surface area contributed by atoms with Crippen LogP contribution < -0.4 is 16.1 Å². The van der Waals surface area contributed by atoms with Gasteiger partial charge in [0.05, 0.1) is 10.4 Å². The van der Waals surface area contributed by atoms with Crippen LogP contribution in [0, 0.1) is 0 Å². The van der Waals surface area contributed by atoms with Gasteiger partial charge in [-0.05, 0) is 38.1 Å². The van der Waals surface area contributed by atoms with E-state index >= 15 is 0 Å². The number of carbonyl (C=O) groups excluding carboxylic acids is 2. The van der Waals surface area contributed by atoms with E-state index in [1.165, 1.54) is 23.2 Å². The minimum absolute atomic E-state index is 0.0427. The molecule has 1 unspecified atom stereocenters. The molecule has 0 aromatic heterocycles. The van der Waals surface area contributed by atoms with Crippen molar-refractivity contribution in [2.24, 2.45) is 0 Å². The van der Waals surface area contributed by atoms with Crippen LogP contribution in [0.15, 0.2) is 42.5 Å². The Bertz CT molecular complexity index is 1050. The molecule has 0 radical (unpaired) electrons. The average Bonchev–Trinajstić information content (AvgIpc) is 3.01. The highest BCUT2D eigenvalue weighted by molar-refractivity contribution is 8.24. The van der Waals surface area contributed by atoms with Crippen molar-refractivity contribution in [3.63, 3.8) is 0 Å². The summed E-state index contributed by atoms with van der Waals surface area (Å²) in [4.78, 5) is 25.7. The Morgan fingerprint density at radius 1 is 1.12 bits per heavy atom. The minimum atomic E-state index is -0.878. The largest absolute Gasteiger partial charge is 0.343 e. The Kier molecular flexibility index (Phi) is 6.96. The van der Waals surface area contributed by atoms with Gasteiger partial charge in [0.1, 0.15) is 0 Å². The first kappa shape index (κ1) is 23.6. The smallest absolute Gasteiger partial charge is 0.333 e. The first-order valence-electron chi connectivity index (χ1n) is 11.1. The molecule has 2 aromatic rings. The number of thioether (sulfide) groups is 1. The van der Waals surface area contributed by atoms with Gasteiger partial charge in [0.2, 0.25) is 0 Å². The van der Waals surface area contributed by atoms with Gasteiger partial charge in [0.15, 0.2) is 10.5 Å². The van der Waals surface area contributed by atoms with Crippen molar-refractivity contribution in [2.45, 2.75) is 62.9 Å². The van der Waals surface area contributed by atoms with Gasteiger partial charge in [-0.1, -0.05) is 79.6 Å². The van der Waals surface area contributed by atoms with Gasteiger partial charge < -0.3 is 10.6 Å². The lowest BCUT2D eigenvalue weighted by atomic mass is 9.96. The fourth-order valence-corrected chi connectivity index (χ4v) is 6.24. The fourth-order valence-electron chi connectivity index (χ4n) is 4.44. The zero-order valence-electron chi connectivity index (χ0n) is 18.7. The maximum absolute atomic E-state index is 12.9. The number of hydrogen-bond acceptors (Lipinski definition) is 5. The molecule has 2 aromatic carbocycles. The van der Waals surface area contributed by atoms with Gasteiger partial charge in [-0.3, -0.25) is 5.21 Å². The van der Waals surface area contributed by atoms with Crippen LogP contribution in [0.5, 0.6) is 0 Å². The molecule has 10 heteroatoms. The lowest BCUT2D eigenvalue weighted by molar-refractivity contribution is -0.125. The monoisotopic (exact) mass is 487 g/mol. The van der Waals surface area contributed by atoms with E-state index in [0.717, 1.165) is 36.5 Å². The van der Waals surface area contributed by atoms with Crippen molar-refractivity contribution in [1.29, 1.82) is 0 Å². The third-order valence-electron chi connectivity index (χ3n) is 6.05. The first-order valence-corrected chi connectivity index (χ1v) is 12.3. The standard InChI is InChI=1S/C23H29N5O3S2/c1-23(2)19(28(31)21(30)24-16-11-4-3-5-12-16)27(22(32)33-23)26-20(29)25-18-14-8-10-15-9-6-7-13-17(15)18/h6-10,13-14,16,19,31H,3-5,11-12H2,1-2H3,(H,24,30)(H2,25,26,29). The quantitative estimate of drug-likeness (QED) is 0.274. The van der Waals surface area contributed by atoms with E-state index in [4.69, 9.17) is 12.2 Å². The molecule has 1 saturated carbocycles. The van der Waals surface area contributed by atoms with Crippen molar-refractivity contribution >= 4 is 56.8 Å². The van der Waals surface area contributed by atoms with Crippen molar-refractivity contribution in [2.75, 3.05) is 5.32 Å². The van der Waals surface area contributed by atoms with Crippen LogP contribution in [-0.2, 0) is 0 Å². The number of hydroxylamine groups is 2. The number of anilines is 1. The third kappa shape index (κ3) is 5.18. The molecular formula is C23H29N5O3S2. The first-order chi connectivity index (χ1) is 15.8. The molecule has 2 aliphatic rings. The fraction of sp³-hybridized carbons (Fsp3) is 0.435. The van der Waals surface area contributed by atoms with Crippen LogP contribution in [0.2, 0.25) is 0 Å². The number of urea groups is 2. The molecule has 4 N–H and O–H groups in total. The summed E-state index contributed by atoms with van der Waals surface area (Å²) in [5.74, 6) is 0. The molecule has 4 amide bonds. The van der Waals surface area contributed by atoms with Gasteiger partial charge in [0.25, 0.3) is 0 Å². The number of amides is 4. The van der Waals surface area contributed by atoms with E-state index in [1.807, 2.05) is 56.3 Å². The lowest BCUT2D eigenvalue weighted by Gasteiger charge is -2.37. The van der Waals surface area contributed by atoms with Gasteiger partial charge in [-0.15, -0.1) is 0 Å². The molecule has 4 rings (SSSR count). The van der Waals surface area contributed by atoms with Gasteiger partial charge in [-0.25, -0.2) is 20.0 Å². The summed E-state index contributed by atoms with van der Waals surface area (Å²) in [6.07, 6.45) is 4.21. The number of hydrogen-bond donors (Lipinski definition) is 4. The summed E-state index contributed by atoms with van der Waals surface area (Å²) in [7, 11) is 0. The van der Waals surface area contributed by atoms with Crippen LogP contribution in [0.4, 0.5) is 15.3 Å². The van der Waals surface area contributed by atoms with Crippen LogP contribution in [-0.4, -0.2) is 48.6 Å². The van der Waals surface area contributed by atoms with Crippen molar-refractivity contribution in [3.05, 3.63) is 42.5 Å². The van der Waals surface area contributed by atoms with Crippen molar-refractivity contribution in [3.8, 4) is 0 Å². The number of hydrazine groups is 1. The topological polar surface area (TPSA) is 96.9 Å². The summed E-state index contributed by atoms with van der Waals surface area (Å²) in [5.41, 5.74) is 3.37. The summed E-state index contributed by atoms with van der Waals surface area (Å²) in [6.45, 7) is 3.74. The molecule has 0 bridgehead atoms. The van der Waals surface area contributed by atoms with E-state index in [-0.39, 0.29) is 6.04 Å². The second kappa shape index (κ2) is 9.74. The second-order valence-electron chi connectivity index (χ2n) is 8.94. The summed E-state index contributed by atoms with van der Waals surface area (Å²) >= 11 is 6.79. The van der Waals surface area contributed by atoms with E-state index in [9.17, 15) is 14.8 Å². The molecule has 1 heterocycles. The number of nitrogens with zero attached hydrogens (tertiary/aromatic N) is 2. The van der Waals surface area contributed by atoms with E-state index in [2.05, 4.69) is 16.1 Å². The average molecular weight is 488 g/mol. The maximum atomic E-state index is 12.9. The van der Waals surface area contributed by atoms with E-state index < -0.39 is 23.0 Å². The van der Waals surface area contributed by atoms with Crippen LogP contribution in [0.25, 0.3) is 10.8 Å². The number of rotatable bonds is 4. The van der Waals surface area contributed by atoms with Crippen LogP contribution >= 0.6 is 24.0 Å². The van der Waals surface area contributed by atoms with E-state index in [0.29, 0.717) is 15.1 Å². The van der Waals surface area contributed by atoms with Gasteiger partial charge in [0, 0.05) is 11.4 Å². The molecule has 176 valence electrons. The van der Waals surface area contributed by atoms with Crippen molar-refractivity contribution < 1.29 is 14.8 Å². The molecule has 1 saturated heterocycles. The predicted molar refractivity (Wildman–Crippen MR) is 135 cm³/mol. The molecule has 8 nitrogen and oxygen atoms in total. The number of carbonyl (C=O) groups is 2.